The normalized spacial score (nSPS) is 23.0. The summed E-state index contributed by atoms with van der Waals surface area (Å²) < 4.78 is 25.4. The van der Waals surface area contributed by atoms with E-state index in [0.29, 0.717) is 18.8 Å². The molecular formula is C15H19ClO4S. The average Bonchev–Trinajstić information content (AvgIpc) is 2.47. The van der Waals surface area contributed by atoms with E-state index in [-0.39, 0.29) is 15.5 Å². The van der Waals surface area contributed by atoms with E-state index in [0.717, 1.165) is 19.3 Å². The number of carbonyl (C=O) groups is 1. The molecule has 1 aliphatic carbocycles. The fraction of sp³-hybridized carbons (Fsp3) is 0.533. The topological polar surface area (TPSA) is 71.4 Å². The van der Waals surface area contributed by atoms with Gasteiger partial charge in [-0.15, -0.1) is 0 Å². The predicted octanol–water partition coefficient (Wildman–Crippen LogP) is 3.78. The fourth-order valence-electron chi connectivity index (χ4n) is 2.93. The van der Waals surface area contributed by atoms with E-state index in [4.69, 9.17) is 16.7 Å². The van der Waals surface area contributed by atoms with Gasteiger partial charge in [0.2, 0.25) is 0 Å². The largest absolute Gasteiger partial charge is 0.478 e. The highest BCUT2D eigenvalue weighted by molar-refractivity contribution is 7.92. The second-order valence-corrected chi connectivity index (χ2v) is 8.19. The molecule has 2 unspecified atom stereocenters. The molecule has 0 bridgehead atoms. The summed E-state index contributed by atoms with van der Waals surface area (Å²) in [6.07, 6.45) is 4.26. The lowest BCUT2D eigenvalue weighted by atomic mass is 9.87. The number of aromatic carboxylic acids is 1. The van der Waals surface area contributed by atoms with Crippen molar-refractivity contribution in [1.82, 2.24) is 0 Å². The van der Waals surface area contributed by atoms with Crippen LogP contribution in [0.15, 0.2) is 23.1 Å². The number of carboxylic acid groups (broad SMARTS) is 1. The van der Waals surface area contributed by atoms with Gasteiger partial charge < -0.3 is 5.11 Å². The minimum atomic E-state index is -3.50. The average molecular weight is 331 g/mol. The molecule has 0 aromatic heterocycles. The summed E-state index contributed by atoms with van der Waals surface area (Å²) in [7, 11) is -3.50. The molecule has 4 nitrogen and oxygen atoms in total. The Morgan fingerprint density at radius 3 is 2.71 bits per heavy atom. The van der Waals surface area contributed by atoms with Gasteiger partial charge in [0.1, 0.15) is 0 Å². The Balaban J connectivity index is 2.35. The van der Waals surface area contributed by atoms with E-state index in [1.807, 2.05) is 0 Å². The van der Waals surface area contributed by atoms with Crippen LogP contribution in [0.1, 0.15) is 49.4 Å². The molecule has 1 aromatic rings. The van der Waals surface area contributed by atoms with Crippen molar-refractivity contribution < 1.29 is 18.3 Å². The molecule has 0 aliphatic heterocycles. The van der Waals surface area contributed by atoms with E-state index in [2.05, 4.69) is 6.92 Å². The van der Waals surface area contributed by atoms with Crippen LogP contribution in [-0.4, -0.2) is 24.7 Å². The molecule has 2 atom stereocenters. The lowest BCUT2D eigenvalue weighted by Crippen LogP contribution is -2.28. The van der Waals surface area contributed by atoms with Crippen LogP contribution in [0.3, 0.4) is 0 Å². The molecule has 116 valence electrons. The zero-order valence-electron chi connectivity index (χ0n) is 11.9. The molecule has 1 saturated carbocycles. The number of hydrogen-bond acceptors (Lipinski definition) is 3. The third kappa shape index (κ3) is 3.40. The van der Waals surface area contributed by atoms with Crippen LogP contribution < -0.4 is 0 Å². The summed E-state index contributed by atoms with van der Waals surface area (Å²) in [5, 5.41) is 8.70. The summed E-state index contributed by atoms with van der Waals surface area (Å²) in [5.41, 5.74) is -0.166. The number of carboxylic acids is 1. The van der Waals surface area contributed by atoms with Crippen LogP contribution in [-0.2, 0) is 9.84 Å². The first kappa shape index (κ1) is 16.3. The van der Waals surface area contributed by atoms with Crippen molar-refractivity contribution in [1.29, 1.82) is 0 Å². The third-order valence-electron chi connectivity index (χ3n) is 4.25. The minimum absolute atomic E-state index is 0.0523. The Labute approximate surface area is 130 Å². The van der Waals surface area contributed by atoms with E-state index in [9.17, 15) is 13.2 Å². The Morgan fingerprint density at radius 2 is 2.10 bits per heavy atom. The molecule has 0 heterocycles. The van der Waals surface area contributed by atoms with Crippen molar-refractivity contribution in [3.05, 3.63) is 28.8 Å². The Kier molecular flexibility index (Phi) is 4.94. The van der Waals surface area contributed by atoms with Crippen molar-refractivity contribution in [2.75, 3.05) is 0 Å². The molecule has 1 N–H and O–H groups in total. The van der Waals surface area contributed by atoms with Gasteiger partial charge in [0.25, 0.3) is 0 Å². The molecule has 0 saturated heterocycles. The van der Waals surface area contributed by atoms with Gasteiger partial charge in [-0.05, 0) is 37.0 Å². The van der Waals surface area contributed by atoms with Gasteiger partial charge in [0, 0.05) is 0 Å². The monoisotopic (exact) mass is 330 g/mol. The van der Waals surface area contributed by atoms with Crippen molar-refractivity contribution in [2.24, 2.45) is 5.92 Å². The summed E-state index contributed by atoms with van der Waals surface area (Å²) in [6, 6.07) is 3.92. The van der Waals surface area contributed by atoms with Gasteiger partial charge in [-0.3, -0.25) is 0 Å². The first-order valence-corrected chi connectivity index (χ1v) is 9.05. The van der Waals surface area contributed by atoms with Gasteiger partial charge >= 0.3 is 5.97 Å². The van der Waals surface area contributed by atoms with Gasteiger partial charge in [-0.1, -0.05) is 37.8 Å². The number of hydrogen-bond donors (Lipinski definition) is 1. The quantitative estimate of drug-likeness (QED) is 0.911. The summed E-state index contributed by atoms with van der Waals surface area (Å²) in [4.78, 5) is 11.2. The van der Waals surface area contributed by atoms with Crippen LogP contribution in [0.5, 0.6) is 0 Å². The second kappa shape index (κ2) is 6.36. The Hall–Kier alpha value is -1.07. The molecule has 1 fully saturated rings. The molecule has 1 aliphatic rings. The van der Waals surface area contributed by atoms with Crippen molar-refractivity contribution >= 4 is 27.4 Å². The van der Waals surface area contributed by atoms with E-state index >= 15 is 0 Å². The standard InChI is InChI=1S/C15H19ClO4S/c1-2-10-4-3-5-11(8-10)21(19,20)12-6-7-14(16)13(9-12)15(17)18/h6-7,9-11H,2-5,8H2,1H3,(H,17,18). The van der Waals surface area contributed by atoms with Gasteiger partial charge in [0.15, 0.2) is 9.84 Å². The third-order valence-corrected chi connectivity index (χ3v) is 6.79. The molecule has 0 spiro atoms. The highest BCUT2D eigenvalue weighted by Gasteiger charge is 2.33. The first-order valence-electron chi connectivity index (χ1n) is 7.13. The van der Waals surface area contributed by atoms with Crippen molar-refractivity contribution in [2.45, 2.75) is 49.2 Å². The number of rotatable bonds is 4. The van der Waals surface area contributed by atoms with Crippen LogP contribution in [0.2, 0.25) is 5.02 Å². The van der Waals surface area contributed by atoms with Crippen molar-refractivity contribution in [3.8, 4) is 0 Å². The zero-order valence-corrected chi connectivity index (χ0v) is 13.5. The maximum atomic E-state index is 12.7. The molecule has 0 radical (unpaired) electrons. The van der Waals surface area contributed by atoms with Crippen LogP contribution in [0.25, 0.3) is 0 Å². The Morgan fingerprint density at radius 1 is 1.38 bits per heavy atom. The molecule has 0 amide bonds. The van der Waals surface area contributed by atoms with Crippen molar-refractivity contribution in [3.63, 3.8) is 0 Å². The van der Waals surface area contributed by atoms with Gasteiger partial charge in [-0.25, -0.2) is 13.2 Å². The zero-order chi connectivity index (χ0) is 15.6. The Bertz CT molecular complexity index is 639. The number of benzene rings is 1. The van der Waals surface area contributed by atoms with Gasteiger partial charge in [-0.2, -0.15) is 0 Å². The van der Waals surface area contributed by atoms with E-state index in [1.54, 1.807) is 0 Å². The fourth-order valence-corrected chi connectivity index (χ4v) is 5.06. The van der Waals surface area contributed by atoms with Crippen LogP contribution in [0, 0.1) is 5.92 Å². The van der Waals surface area contributed by atoms with Crippen LogP contribution in [0.4, 0.5) is 0 Å². The molecule has 2 rings (SSSR count). The first-order chi connectivity index (χ1) is 9.86. The maximum absolute atomic E-state index is 12.7. The maximum Gasteiger partial charge on any atom is 0.337 e. The molecule has 6 heteroatoms. The second-order valence-electron chi connectivity index (χ2n) is 5.55. The summed E-state index contributed by atoms with van der Waals surface area (Å²) in [6.45, 7) is 2.07. The number of sulfone groups is 1. The SMILES string of the molecule is CCC1CCCC(S(=O)(=O)c2ccc(Cl)c(C(=O)O)c2)C1. The van der Waals surface area contributed by atoms with E-state index in [1.165, 1.54) is 18.2 Å². The molecule has 1 aromatic carbocycles. The van der Waals surface area contributed by atoms with Crippen LogP contribution >= 0.6 is 11.6 Å². The number of halogens is 1. The lowest BCUT2D eigenvalue weighted by molar-refractivity contribution is 0.0697. The summed E-state index contributed by atoms with van der Waals surface area (Å²) >= 11 is 5.80. The summed E-state index contributed by atoms with van der Waals surface area (Å²) in [5.74, 6) is -0.781. The highest BCUT2D eigenvalue weighted by Crippen LogP contribution is 2.34. The molecule has 21 heavy (non-hydrogen) atoms. The predicted molar refractivity (Wildman–Crippen MR) is 81.6 cm³/mol. The lowest BCUT2D eigenvalue weighted by Gasteiger charge is -2.28. The smallest absolute Gasteiger partial charge is 0.337 e. The highest BCUT2D eigenvalue weighted by atomic mass is 35.5. The molecular weight excluding hydrogens is 312 g/mol. The van der Waals surface area contributed by atoms with E-state index < -0.39 is 21.1 Å². The van der Waals surface area contributed by atoms with Gasteiger partial charge in [0.05, 0.1) is 20.7 Å². The minimum Gasteiger partial charge on any atom is -0.478 e.